The van der Waals surface area contributed by atoms with Crippen molar-refractivity contribution < 1.29 is 23.8 Å². The molecule has 0 unspecified atom stereocenters. The monoisotopic (exact) mass is 444 g/mol. The molecule has 7 heteroatoms. The summed E-state index contributed by atoms with van der Waals surface area (Å²) in [6, 6.07) is 0. The number of hydrogen-bond donors (Lipinski definition) is 0. The molecule has 0 aliphatic carbocycles. The molecule has 0 aromatic rings. The molecule has 0 fully saturated rings. The number of hydrogen-bond acceptors (Lipinski definition) is 5. The van der Waals surface area contributed by atoms with Crippen LogP contribution in [0.4, 0.5) is 4.79 Å². The minimum absolute atomic E-state index is 0. The van der Waals surface area contributed by atoms with E-state index in [-0.39, 0.29) is 28.6 Å². The highest BCUT2D eigenvalue weighted by molar-refractivity contribution is 14.1. The van der Waals surface area contributed by atoms with Crippen LogP contribution in [0.2, 0.25) is 0 Å². The van der Waals surface area contributed by atoms with Crippen LogP contribution in [-0.2, 0) is 19.0 Å². The number of rotatable bonds is 3. The highest BCUT2D eigenvalue weighted by Gasteiger charge is 2.17. The zero-order valence-corrected chi connectivity index (χ0v) is 13.2. The summed E-state index contributed by atoms with van der Waals surface area (Å²) in [5.74, 6) is -0.595. The fourth-order valence-electron chi connectivity index (χ4n) is 0.575. The molecule has 0 atom stereocenters. The maximum absolute atomic E-state index is 11.0. The van der Waals surface area contributed by atoms with E-state index in [1.807, 2.05) is 22.6 Å². The summed E-state index contributed by atoms with van der Waals surface area (Å²) in [4.78, 5) is 21.7. The van der Waals surface area contributed by atoms with Crippen molar-refractivity contribution in [1.82, 2.24) is 0 Å². The Labute approximate surface area is 119 Å². The molecular formula is C8H14I2O5. The molecule has 0 spiro atoms. The summed E-state index contributed by atoms with van der Waals surface area (Å²) >= 11 is 1.84. The van der Waals surface area contributed by atoms with Crippen LogP contribution >= 0.6 is 46.6 Å². The molecule has 0 amide bonds. The zero-order chi connectivity index (χ0) is 11.2. The van der Waals surface area contributed by atoms with Crippen molar-refractivity contribution in [2.24, 2.45) is 0 Å². The van der Waals surface area contributed by atoms with E-state index in [4.69, 9.17) is 4.74 Å². The molecule has 0 aliphatic rings. The van der Waals surface area contributed by atoms with Gasteiger partial charge in [0, 0.05) is 0 Å². The van der Waals surface area contributed by atoms with Crippen molar-refractivity contribution >= 4 is 58.7 Å². The number of halogens is 2. The second kappa shape index (κ2) is 8.36. The minimum atomic E-state index is -0.870. The fraction of sp³-hybridized carbons (Fsp3) is 0.750. The molecule has 0 bridgehead atoms. The van der Waals surface area contributed by atoms with E-state index in [0.29, 0.717) is 0 Å². The predicted molar refractivity (Wildman–Crippen MR) is 72.6 cm³/mol. The van der Waals surface area contributed by atoms with Crippen molar-refractivity contribution in [3.05, 3.63) is 0 Å². The van der Waals surface area contributed by atoms with Crippen LogP contribution in [0.15, 0.2) is 0 Å². The molecule has 0 aromatic heterocycles. The number of alkyl halides is 1. The maximum atomic E-state index is 11.0. The second-order valence-electron chi connectivity index (χ2n) is 3.38. The summed E-state index contributed by atoms with van der Waals surface area (Å²) in [5, 5.41) is 0. The first-order chi connectivity index (χ1) is 6.35. The van der Waals surface area contributed by atoms with Gasteiger partial charge in [0.05, 0.1) is 0 Å². The first-order valence-corrected chi connectivity index (χ1v) is 5.45. The third-order valence-corrected chi connectivity index (χ3v) is 1.21. The van der Waals surface area contributed by atoms with Crippen LogP contribution in [0.1, 0.15) is 20.8 Å². The van der Waals surface area contributed by atoms with Gasteiger partial charge in [-0.05, 0) is 43.4 Å². The summed E-state index contributed by atoms with van der Waals surface area (Å²) < 4.78 is 14.0. The Morgan fingerprint density at radius 3 is 2.13 bits per heavy atom. The molecule has 0 heterocycles. The summed E-state index contributed by atoms with van der Waals surface area (Å²) in [6.45, 7) is 4.77. The van der Waals surface area contributed by atoms with E-state index in [2.05, 4.69) is 9.47 Å². The summed E-state index contributed by atoms with van der Waals surface area (Å²) in [6.07, 6.45) is -0.870. The first kappa shape index (κ1) is 17.6. The Bertz CT molecular complexity index is 212. The van der Waals surface area contributed by atoms with E-state index < -0.39 is 24.3 Å². The molecule has 0 rings (SSSR count). The normalized spacial score (nSPS) is 9.87. The lowest BCUT2D eigenvalue weighted by Gasteiger charge is -2.19. The van der Waals surface area contributed by atoms with Gasteiger partial charge in [-0.2, -0.15) is 0 Å². The molecule has 90 valence electrons. The fourth-order valence-corrected chi connectivity index (χ4v) is 0.829. The molecule has 0 saturated carbocycles. The van der Waals surface area contributed by atoms with Crippen LogP contribution in [-0.4, -0.2) is 28.9 Å². The molecule has 0 aliphatic heterocycles. The lowest BCUT2D eigenvalue weighted by Crippen LogP contribution is -2.27. The molecule has 0 saturated heterocycles. The van der Waals surface area contributed by atoms with Crippen molar-refractivity contribution in [3.63, 3.8) is 0 Å². The van der Waals surface area contributed by atoms with Gasteiger partial charge in [-0.3, -0.25) is 0 Å². The van der Waals surface area contributed by atoms with Gasteiger partial charge in [-0.1, -0.05) is 0 Å². The average molecular weight is 444 g/mol. The Morgan fingerprint density at radius 2 is 1.73 bits per heavy atom. The van der Waals surface area contributed by atoms with E-state index in [1.54, 1.807) is 20.8 Å². The van der Waals surface area contributed by atoms with E-state index in [1.165, 1.54) is 0 Å². The van der Waals surface area contributed by atoms with Gasteiger partial charge >= 0.3 is 12.1 Å². The summed E-state index contributed by atoms with van der Waals surface area (Å²) in [7, 11) is 0. The standard InChI is InChI=1S/C8H13IO5.HI/c1-8(2,3)14-6(10)4-12-7(11)13-5-9;/h4-5H2,1-3H3;1H. The Hall–Kier alpha value is 0.200. The third-order valence-electron chi connectivity index (χ3n) is 0.900. The van der Waals surface area contributed by atoms with E-state index in [9.17, 15) is 9.59 Å². The lowest BCUT2D eigenvalue weighted by atomic mass is 10.2. The predicted octanol–water partition coefficient (Wildman–Crippen LogP) is 2.49. The van der Waals surface area contributed by atoms with Gasteiger partial charge in [0.15, 0.2) is 6.61 Å². The van der Waals surface area contributed by atoms with E-state index >= 15 is 0 Å². The third kappa shape index (κ3) is 12.1. The van der Waals surface area contributed by atoms with Gasteiger partial charge in [0.2, 0.25) is 0 Å². The second-order valence-corrected chi connectivity index (χ2v) is 4.00. The number of ether oxygens (including phenoxy) is 3. The first-order valence-electron chi connectivity index (χ1n) is 3.92. The average Bonchev–Trinajstić information content (AvgIpc) is 1.98. The number of carbonyl (C=O) groups excluding carboxylic acids is 2. The highest BCUT2D eigenvalue weighted by atomic mass is 127. The SMILES string of the molecule is CC(C)(C)OC(=O)COC(=O)OCI.I. The Kier molecular flexibility index (Phi) is 9.81. The maximum Gasteiger partial charge on any atom is 0.509 e. The van der Waals surface area contributed by atoms with Gasteiger partial charge < -0.3 is 14.2 Å². The Balaban J connectivity index is 0. The van der Waals surface area contributed by atoms with Gasteiger partial charge in [0.25, 0.3) is 0 Å². The topological polar surface area (TPSA) is 61.8 Å². The van der Waals surface area contributed by atoms with Gasteiger partial charge in [-0.15, -0.1) is 24.0 Å². The van der Waals surface area contributed by atoms with Gasteiger partial charge in [0.1, 0.15) is 10.2 Å². The highest BCUT2D eigenvalue weighted by Crippen LogP contribution is 2.06. The zero-order valence-electron chi connectivity index (χ0n) is 8.74. The van der Waals surface area contributed by atoms with Crippen molar-refractivity contribution in [2.45, 2.75) is 26.4 Å². The van der Waals surface area contributed by atoms with E-state index in [0.717, 1.165) is 0 Å². The van der Waals surface area contributed by atoms with Crippen LogP contribution in [0, 0.1) is 0 Å². The molecular weight excluding hydrogens is 430 g/mol. The number of carbonyl (C=O) groups is 2. The van der Waals surface area contributed by atoms with Crippen molar-refractivity contribution in [1.29, 1.82) is 0 Å². The molecule has 15 heavy (non-hydrogen) atoms. The van der Waals surface area contributed by atoms with Crippen molar-refractivity contribution in [2.75, 3.05) is 11.2 Å². The minimum Gasteiger partial charge on any atom is -0.457 e. The molecule has 0 radical (unpaired) electrons. The molecule has 5 nitrogen and oxygen atoms in total. The molecule has 0 aromatic carbocycles. The van der Waals surface area contributed by atoms with Crippen LogP contribution in [0.25, 0.3) is 0 Å². The number of esters is 1. The lowest BCUT2D eigenvalue weighted by molar-refractivity contribution is -0.158. The smallest absolute Gasteiger partial charge is 0.457 e. The largest absolute Gasteiger partial charge is 0.509 e. The van der Waals surface area contributed by atoms with Gasteiger partial charge in [-0.25, -0.2) is 9.59 Å². The quantitative estimate of drug-likeness (QED) is 0.381. The van der Waals surface area contributed by atoms with Crippen LogP contribution < -0.4 is 0 Å². The van der Waals surface area contributed by atoms with Crippen molar-refractivity contribution in [3.8, 4) is 0 Å². The molecule has 0 N–H and O–H groups in total. The van der Waals surface area contributed by atoms with Crippen LogP contribution in [0.5, 0.6) is 0 Å². The van der Waals surface area contributed by atoms with Crippen LogP contribution in [0.3, 0.4) is 0 Å². The summed E-state index contributed by atoms with van der Waals surface area (Å²) in [5.41, 5.74) is -0.576. The Morgan fingerprint density at radius 1 is 1.20 bits per heavy atom.